The number of hydrogen-bond acceptors (Lipinski definition) is 1. The van der Waals surface area contributed by atoms with Gasteiger partial charge in [0.1, 0.15) is 0 Å². The molecule has 0 heterocycles. The average Bonchev–Trinajstić information content (AvgIpc) is 1.81. The predicted molar refractivity (Wildman–Crippen MR) is 38.8 cm³/mol. The molecular formula is C8H14O2. The Hall–Kier alpha value is -0.530. The van der Waals surface area contributed by atoms with Crippen LogP contribution < -0.4 is 0 Å². The molecule has 58 valence electrons. The summed E-state index contributed by atoms with van der Waals surface area (Å²) < 4.78 is 0. The van der Waals surface area contributed by atoms with E-state index in [0.717, 1.165) is 6.42 Å². The number of aliphatic carboxylic acids is 1. The van der Waals surface area contributed by atoms with E-state index < -0.39 is 5.97 Å². The molecule has 2 heteroatoms. The Morgan fingerprint density at radius 3 is 2.40 bits per heavy atom. The third kappa shape index (κ3) is 1.31. The minimum Gasteiger partial charge on any atom is -0.481 e. The Morgan fingerprint density at radius 1 is 1.70 bits per heavy atom. The average molecular weight is 142 g/mol. The lowest BCUT2D eigenvalue weighted by atomic mass is 9.61. The Morgan fingerprint density at radius 2 is 2.30 bits per heavy atom. The number of carbonyl (C=O) groups is 1. The first-order valence-corrected chi connectivity index (χ1v) is 3.74. The first-order valence-electron chi connectivity index (χ1n) is 3.74. The van der Waals surface area contributed by atoms with Crippen LogP contribution in [0.3, 0.4) is 0 Å². The standard InChI is InChI=1S/C8H14O2/c1-8(2)4-3-6(8)5-7(9)10/h6H,3-5H2,1-2H3,(H,9,10). The number of hydrogen-bond donors (Lipinski definition) is 1. The third-order valence-corrected chi connectivity index (χ3v) is 2.66. The van der Waals surface area contributed by atoms with E-state index in [1.807, 2.05) is 0 Å². The molecule has 0 saturated heterocycles. The molecule has 0 aliphatic heterocycles. The molecule has 2 nitrogen and oxygen atoms in total. The summed E-state index contributed by atoms with van der Waals surface area (Å²) in [5, 5.41) is 8.48. The van der Waals surface area contributed by atoms with Gasteiger partial charge in [-0.05, 0) is 24.2 Å². The molecule has 1 atom stereocenters. The van der Waals surface area contributed by atoms with Crippen LogP contribution in [0.1, 0.15) is 33.1 Å². The molecule has 1 saturated carbocycles. The van der Waals surface area contributed by atoms with E-state index in [1.54, 1.807) is 0 Å². The molecule has 1 rings (SSSR count). The van der Waals surface area contributed by atoms with Crippen molar-refractivity contribution in [2.24, 2.45) is 11.3 Å². The molecule has 0 radical (unpaired) electrons. The van der Waals surface area contributed by atoms with Gasteiger partial charge < -0.3 is 5.11 Å². The molecule has 10 heavy (non-hydrogen) atoms. The number of rotatable bonds is 2. The summed E-state index contributed by atoms with van der Waals surface area (Å²) in [6.45, 7) is 4.29. The highest BCUT2D eigenvalue weighted by Crippen LogP contribution is 2.47. The van der Waals surface area contributed by atoms with Crippen LogP contribution in [0.2, 0.25) is 0 Å². The third-order valence-electron chi connectivity index (χ3n) is 2.66. The number of carboxylic acid groups (broad SMARTS) is 1. The van der Waals surface area contributed by atoms with E-state index >= 15 is 0 Å². The SMILES string of the molecule is CC1(C)CCC1CC(=O)O. The van der Waals surface area contributed by atoms with Crippen LogP contribution in [-0.4, -0.2) is 11.1 Å². The molecule has 0 bridgehead atoms. The van der Waals surface area contributed by atoms with Crippen molar-refractivity contribution in [2.75, 3.05) is 0 Å². The van der Waals surface area contributed by atoms with Crippen molar-refractivity contribution in [3.05, 3.63) is 0 Å². The van der Waals surface area contributed by atoms with Gasteiger partial charge in [0.05, 0.1) is 0 Å². The van der Waals surface area contributed by atoms with Gasteiger partial charge in [-0.3, -0.25) is 4.79 Å². The summed E-state index contributed by atoms with van der Waals surface area (Å²) in [7, 11) is 0. The minimum absolute atomic E-state index is 0.290. The summed E-state index contributed by atoms with van der Waals surface area (Å²) in [5.41, 5.74) is 0.290. The van der Waals surface area contributed by atoms with Crippen LogP contribution >= 0.6 is 0 Å². The Labute approximate surface area is 61.2 Å². The maximum Gasteiger partial charge on any atom is 0.303 e. The van der Waals surface area contributed by atoms with Crippen molar-refractivity contribution in [1.29, 1.82) is 0 Å². The molecule has 0 spiro atoms. The lowest BCUT2D eigenvalue weighted by Crippen LogP contribution is -2.35. The smallest absolute Gasteiger partial charge is 0.303 e. The molecule has 0 aromatic heterocycles. The molecule has 1 aliphatic rings. The Balaban J connectivity index is 2.37. The van der Waals surface area contributed by atoms with E-state index in [2.05, 4.69) is 13.8 Å². The quantitative estimate of drug-likeness (QED) is 0.639. The largest absolute Gasteiger partial charge is 0.481 e. The van der Waals surface area contributed by atoms with Crippen molar-refractivity contribution >= 4 is 5.97 Å². The van der Waals surface area contributed by atoms with Gasteiger partial charge in [0.2, 0.25) is 0 Å². The second-order valence-corrected chi connectivity index (χ2v) is 3.82. The van der Waals surface area contributed by atoms with E-state index in [9.17, 15) is 4.79 Å². The van der Waals surface area contributed by atoms with Crippen LogP contribution in [-0.2, 0) is 4.79 Å². The fourth-order valence-corrected chi connectivity index (χ4v) is 1.51. The van der Waals surface area contributed by atoms with Crippen molar-refractivity contribution in [1.82, 2.24) is 0 Å². The van der Waals surface area contributed by atoms with E-state index in [0.29, 0.717) is 17.8 Å². The van der Waals surface area contributed by atoms with Crippen LogP contribution in [0.5, 0.6) is 0 Å². The highest BCUT2D eigenvalue weighted by molar-refractivity contribution is 5.67. The molecule has 1 aliphatic carbocycles. The summed E-state index contributed by atoms with van der Waals surface area (Å²) in [4.78, 5) is 10.3. The zero-order chi connectivity index (χ0) is 7.78. The van der Waals surface area contributed by atoms with Gasteiger partial charge in [-0.1, -0.05) is 13.8 Å². The van der Waals surface area contributed by atoms with E-state index in [-0.39, 0.29) is 0 Å². The summed E-state index contributed by atoms with van der Waals surface area (Å²) in [5.74, 6) is -0.234. The van der Waals surface area contributed by atoms with Gasteiger partial charge in [0.25, 0.3) is 0 Å². The molecule has 1 unspecified atom stereocenters. The molecule has 1 N–H and O–H groups in total. The second-order valence-electron chi connectivity index (χ2n) is 3.82. The van der Waals surface area contributed by atoms with E-state index in [4.69, 9.17) is 5.11 Å². The van der Waals surface area contributed by atoms with Crippen molar-refractivity contribution in [2.45, 2.75) is 33.1 Å². The fourth-order valence-electron chi connectivity index (χ4n) is 1.51. The topological polar surface area (TPSA) is 37.3 Å². The Kier molecular flexibility index (Phi) is 1.71. The van der Waals surface area contributed by atoms with Gasteiger partial charge in [0.15, 0.2) is 0 Å². The van der Waals surface area contributed by atoms with Crippen molar-refractivity contribution < 1.29 is 9.90 Å². The van der Waals surface area contributed by atoms with Crippen LogP contribution in [0.15, 0.2) is 0 Å². The van der Waals surface area contributed by atoms with Crippen LogP contribution in [0.25, 0.3) is 0 Å². The molecule has 0 amide bonds. The van der Waals surface area contributed by atoms with Crippen LogP contribution in [0.4, 0.5) is 0 Å². The maximum absolute atomic E-state index is 10.3. The first-order chi connectivity index (χ1) is 4.52. The predicted octanol–water partition coefficient (Wildman–Crippen LogP) is 1.90. The summed E-state index contributed by atoms with van der Waals surface area (Å²) in [6, 6.07) is 0. The van der Waals surface area contributed by atoms with Gasteiger partial charge in [-0.25, -0.2) is 0 Å². The second kappa shape index (κ2) is 2.26. The number of carboxylic acids is 1. The lowest BCUT2D eigenvalue weighted by molar-refractivity contribution is -0.140. The van der Waals surface area contributed by atoms with E-state index in [1.165, 1.54) is 6.42 Å². The highest BCUT2D eigenvalue weighted by Gasteiger charge is 2.39. The van der Waals surface area contributed by atoms with Gasteiger partial charge in [0, 0.05) is 6.42 Å². The Bertz CT molecular complexity index is 149. The van der Waals surface area contributed by atoms with Crippen molar-refractivity contribution in [3.8, 4) is 0 Å². The van der Waals surface area contributed by atoms with Crippen LogP contribution in [0, 0.1) is 11.3 Å². The molecule has 0 aromatic rings. The monoisotopic (exact) mass is 142 g/mol. The summed E-state index contributed by atoms with van der Waals surface area (Å²) in [6.07, 6.45) is 2.64. The maximum atomic E-state index is 10.3. The summed E-state index contributed by atoms with van der Waals surface area (Å²) >= 11 is 0. The first kappa shape index (κ1) is 7.58. The van der Waals surface area contributed by atoms with Crippen molar-refractivity contribution in [3.63, 3.8) is 0 Å². The van der Waals surface area contributed by atoms with Gasteiger partial charge in [-0.15, -0.1) is 0 Å². The minimum atomic E-state index is -0.655. The molecule has 0 aromatic carbocycles. The molecular weight excluding hydrogens is 128 g/mol. The lowest BCUT2D eigenvalue weighted by Gasteiger charge is -2.43. The fraction of sp³-hybridized carbons (Fsp3) is 0.875. The normalized spacial score (nSPS) is 29.2. The zero-order valence-corrected chi connectivity index (χ0v) is 6.55. The zero-order valence-electron chi connectivity index (χ0n) is 6.55. The van der Waals surface area contributed by atoms with Gasteiger partial charge >= 0.3 is 5.97 Å². The molecule has 1 fully saturated rings. The highest BCUT2D eigenvalue weighted by atomic mass is 16.4. The van der Waals surface area contributed by atoms with Gasteiger partial charge in [-0.2, -0.15) is 0 Å².